The van der Waals surface area contributed by atoms with Gasteiger partial charge in [-0.2, -0.15) is 0 Å². The average molecular weight is 237 g/mol. The van der Waals surface area contributed by atoms with Gasteiger partial charge in [-0.1, -0.05) is 26.2 Å². The van der Waals surface area contributed by atoms with Gasteiger partial charge in [-0.05, 0) is 36.9 Å². The number of aliphatic hydroxyl groups is 1. The second kappa shape index (κ2) is 6.22. The van der Waals surface area contributed by atoms with E-state index in [0.717, 1.165) is 30.7 Å². The van der Waals surface area contributed by atoms with Crippen molar-refractivity contribution in [3.8, 4) is 0 Å². The van der Waals surface area contributed by atoms with Gasteiger partial charge in [0, 0.05) is 0 Å². The second-order valence-electron chi connectivity index (χ2n) is 5.18. The molecule has 0 aliphatic heterocycles. The van der Waals surface area contributed by atoms with Crippen molar-refractivity contribution in [1.29, 1.82) is 0 Å². The molecule has 2 N–H and O–H groups in total. The van der Waals surface area contributed by atoms with Gasteiger partial charge in [0.05, 0.1) is 6.54 Å². The Morgan fingerprint density at radius 1 is 1.29 bits per heavy atom. The van der Waals surface area contributed by atoms with Crippen molar-refractivity contribution < 1.29 is 9.52 Å². The Morgan fingerprint density at radius 3 is 2.76 bits per heavy atom. The van der Waals surface area contributed by atoms with Crippen LogP contribution in [-0.2, 0) is 13.2 Å². The summed E-state index contributed by atoms with van der Waals surface area (Å²) < 4.78 is 5.44. The van der Waals surface area contributed by atoms with Crippen molar-refractivity contribution in [2.24, 2.45) is 11.8 Å². The van der Waals surface area contributed by atoms with Crippen molar-refractivity contribution in [2.45, 2.75) is 45.8 Å². The molecule has 96 valence electrons. The maximum Gasteiger partial charge on any atom is 0.129 e. The Morgan fingerprint density at radius 2 is 2.06 bits per heavy atom. The number of hydrogen-bond acceptors (Lipinski definition) is 3. The molecule has 1 aliphatic rings. The lowest BCUT2D eigenvalue weighted by Crippen LogP contribution is -2.28. The Hall–Kier alpha value is -0.800. The maximum absolute atomic E-state index is 8.90. The van der Waals surface area contributed by atoms with Crippen molar-refractivity contribution in [1.82, 2.24) is 5.32 Å². The molecule has 0 saturated heterocycles. The van der Waals surface area contributed by atoms with Crippen molar-refractivity contribution >= 4 is 0 Å². The zero-order valence-electron chi connectivity index (χ0n) is 10.6. The molecule has 2 atom stereocenters. The minimum atomic E-state index is -0.0142. The van der Waals surface area contributed by atoms with Crippen LogP contribution in [-0.4, -0.2) is 11.7 Å². The summed E-state index contributed by atoms with van der Waals surface area (Å²) in [6.07, 6.45) is 5.51. The predicted octanol–water partition coefficient (Wildman–Crippen LogP) is 2.69. The van der Waals surface area contributed by atoms with E-state index in [4.69, 9.17) is 9.52 Å². The topological polar surface area (TPSA) is 45.4 Å². The smallest absolute Gasteiger partial charge is 0.129 e. The molecule has 17 heavy (non-hydrogen) atoms. The molecule has 0 radical (unpaired) electrons. The highest BCUT2D eigenvalue weighted by Gasteiger charge is 2.20. The van der Waals surface area contributed by atoms with Gasteiger partial charge < -0.3 is 14.8 Å². The van der Waals surface area contributed by atoms with Gasteiger partial charge in [-0.3, -0.25) is 0 Å². The van der Waals surface area contributed by atoms with Gasteiger partial charge in [0.25, 0.3) is 0 Å². The zero-order chi connectivity index (χ0) is 12.1. The van der Waals surface area contributed by atoms with Crippen molar-refractivity contribution in [3.63, 3.8) is 0 Å². The molecular formula is C14H23NO2. The molecule has 3 heteroatoms. The van der Waals surface area contributed by atoms with Gasteiger partial charge in [0.1, 0.15) is 18.1 Å². The van der Waals surface area contributed by atoms with Crippen molar-refractivity contribution in [2.75, 3.05) is 6.54 Å². The summed E-state index contributed by atoms with van der Waals surface area (Å²) in [6, 6.07) is 3.77. The largest absolute Gasteiger partial charge is 0.462 e. The van der Waals surface area contributed by atoms with Gasteiger partial charge >= 0.3 is 0 Å². The van der Waals surface area contributed by atoms with Crippen LogP contribution in [0.4, 0.5) is 0 Å². The molecule has 1 aromatic heterocycles. The van der Waals surface area contributed by atoms with Crippen LogP contribution in [0.15, 0.2) is 16.5 Å². The minimum absolute atomic E-state index is 0.0142. The number of nitrogens with one attached hydrogen (secondary N) is 1. The van der Waals surface area contributed by atoms with E-state index in [1.165, 1.54) is 25.7 Å². The summed E-state index contributed by atoms with van der Waals surface area (Å²) >= 11 is 0. The molecule has 1 heterocycles. The Balaban J connectivity index is 1.71. The van der Waals surface area contributed by atoms with E-state index in [0.29, 0.717) is 5.76 Å². The maximum atomic E-state index is 8.90. The molecule has 1 fully saturated rings. The summed E-state index contributed by atoms with van der Waals surface area (Å²) in [4.78, 5) is 0. The summed E-state index contributed by atoms with van der Waals surface area (Å²) in [5.41, 5.74) is 0. The van der Waals surface area contributed by atoms with Crippen LogP contribution < -0.4 is 5.32 Å². The molecule has 0 aromatic carbocycles. The minimum Gasteiger partial charge on any atom is -0.462 e. The third kappa shape index (κ3) is 3.58. The fraction of sp³-hybridized carbons (Fsp3) is 0.714. The van der Waals surface area contributed by atoms with E-state index < -0.39 is 0 Å². The third-order valence-electron chi connectivity index (χ3n) is 3.87. The van der Waals surface area contributed by atoms with Crippen LogP contribution in [0.1, 0.15) is 44.1 Å². The number of hydrogen-bond donors (Lipinski definition) is 2. The molecular weight excluding hydrogens is 214 g/mol. The number of aliphatic hydroxyl groups excluding tert-OH is 1. The van der Waals surface area contributed by atoms with Crippen LogP contribution in [0, 0.1) is 11.8 Å². The highest BCUT2D eigenvalue weighted by atomic mass is 16.4. The quantitative estimate of drug-likeness (QED) is 0.827. The summed E-state index contributed by atoms with van der Waals surface area (Å²) in [6.45, 7) is 4.20. The van der Waals surface area contributed by atoms with Gasteiger partial charge in [-0.25, -0.2) is 0 Å². The van der Waals surface area contributed by atoms with Crippen LogP contribution in [0.3, 0.4) is 0 Å². The Kier molecular flexibility index (Phi) is 4.63. The third-order valence-corrected chi connectivity index (χ3v) is 3.87. The molecule has 0 bridgehead atoms. The van der Waals surface area contributed by atoms with E-state index in [9.17, 15) is 0 Å². The summed E-state index contributed by atoms with van der Waals surface area (Å²) in [5.74, 6) is 3.22. The SMILES string of the molecule is CC1CCCCC1CNCc1ccc(CO)o1. The lowest BCUT2D eigenvalue weighted by Gasteiger charge is -2.28. The first-order valence-electron chi connectivity index (χ1n) is 6.68. The second-order valence-corrected chi connectivity index (χ2v) is 5.18. The lowest BCUT2D eigenvalue weighted by atomic mass is 9.80. The van der Waals surface area contributed by atoms with Crippen LogP contribution in [0.25, 0.3) is 0 Å². The van der Waals surface area contributed by atoms with E-state index in [1.807, 2.05) is 12.1 Å². The van der Waals surface area contributed by atoms with E-state index in [-0.39, 0.29) is 6.61 Å². The first-order chi connectivity index (χ1) is 8.29. The fourth-order valence-corrected chi connectivity index (χ4v) is 2.68. The van der Waals surface area contributed by atoms with Crippen LogP contribution >= 0.6 is 0 Å². The average Bonchev–Trinajstić information content (AvgIpc) is 2.80. The number of furan rings is 1. The zero-order valence-corrected chi connectivity index (χ0v) is 10.6. The Labute approximate surface area is 103 Å². The summed E-state index contributed by atoms with van der Waals surface area (Å²) in [7, 11) is 0. The molecule has 1 saturated carbocycles. The normalized spacial score (nSPS) is 25.1. The highest BCUT2D eigenvalue weighted by molar-refractivity contribution is 5.06. The Bertz CT molecular complexity index is 335. The molecule has 1 aliphatic carbocycles. The fourth-order valence-electron chi connectivity index (χ4n) is 2.68. The van der Waals surface area contributed by atoms with Gasteiger partial charge in [0.15, 0.2) is 0 Å². The molecule has 0 spiro atoms. The van der Waals surface area contributed by atoms with Gasteiger partial charge in [-0.15, -0.1) is 0 Å². The highest BCUT2D eigenvalue weighted by Crippen LogP contribution is 2.28. The molecule has 2 unspecified atom stereocenters. The predicted molar refractivity (Wildman–Crippen MR) is 67.5 cm³/mol. The van der Waals surface area contributed by atoms with Gasteiger partial charge in [0.2, 0.25) is 0 Å². The molecule has 2 rings (SSSR count). The standard InChI is InChI=1S/C14H23NO2/c1-11-4-2-3-5-12(11)8-15-9-13-6-7-14(10-16)17-13/h6-7,11-12,15-16H,2-5,8-10H2,1H3. The van der Waals surface area contributed by atoms with E-state index in [2.05, 4.69) is 12.2 Å². The molecule has 3 nitrogen and oxygen atoms in total. The number of rotatable bonds is 5. The monoisotopic (exact) mass is 237 g/mol. The van der Waals surface area contributed by atoms with E-state index in [1.54, 1.807) is 0 Å². The van der Waals surface area contributed by atoms with E-state index >= 15 is 0 Å². The molecule has 0 amide bonds. The molecule has 1 aromatic rings. The first kappa shape index (κ1) is 12.7. The van der Waals surface area contributed by atoms with Crippen LogP contribution in [0.5, 0.6) is 0 Å². The van der Waals surface area contributed by atoms with Crippen molar-refractivity contribution in [3.05, 3.63) is 23.7 Å². The lowest BCUT2D eigenvalue weighted by molar-refractivity contribution is 0.236. The van der Waals surface area contributed by atoms with Crippen LogP contribution in [0.2, 0.25) is 0 Å². The first-order valence-corrected chi connectivity index (χ1v) is 6.68. The summed E-state index contributed by atoms with van der Waals surface area (Å²) in [5, 5.41) is 12.4.